The van der Waals surface area contributed by atoms with E-state index in [2.05, 4.69) is 0 Å². The van der Waals surface area contributed by atoms with Gasteiger partial charge in [-0.15, -0.1) is 0 Å². The van der Waals surface area contributed by atoms with Crippen molar-refractivity contribution in [3.8, 4) is 0 Å². The van der Waals surface area contributed by atoms with Gasteiger partial charge in [0.05, 0.1) is 9.30 Å². The second kappa shape index (κ2) is 5.73. The van der Waals surface area contributed by atoms with E-state index < -0.39 is 34.9 Å². The predicted molar refractivity (Wildman–Crippen MR) is 74.1 cm³/mol. The summed E-state index contributed by atoms with van der Waals surface area (Å²) in [5.41, 5.74) is -3.12. The molecule has 110 valence electrons. The second-order valence-electron chi connectivity index (χ2n) is 5.52. The fraction of sp³-hybridized carbons (Fsp3) is 0.467. The molecule has 0 aromatic carbocycles. The molecule has 0 aromatic rings. The third-order valence-electron chi connectivity index (χ3n) is 3.42. The zero-order valence-corrected chi connectivity index (χ0v) is 11.7. The van der Waals surface area contributed by atoms with Crippen LogP contribution in [-0.2, 0) is 9.59 Å². The summed E-state index contributed by atoms with van der Waals surface area (Å²) in [5.74, 6) is -1.55. The van der Waals surface area contributed by atoms with Gasteiger partial charge < -0.3 is 15.3 Å². The van der Waals surface area contributed by atoms with E-state index in [0.717, 1.165) is 12.2 Å². The number of carbonyl (C=O) groups excluding carboxylic acids is 1. The summed E-state index contributed by atoms with van der Waals surface area (Å²) in [4.78, 5) is 22.3. The van der Waals surface area contributed by atoms with Crippen molar-refractivity contribution in [2.45, 2.75) is 32.8 Å². The van der Waals surface area contributed by atoms with E-state index in [-0.39, 0.29) is 6.42 Å². The number of hydrogen-bond acceptors (Lipinski definition) is 4. The van der Waals surface area contributed by atoms with Gasteiger partial charge in [-0.25, -0.2) is 4.79 Å². The van der Waals surface area contributed by atoms with Crippen LogP contribution in [0.2, 0.25) is 0 Å². The first-order valence-electron chi connectivity index (χ1n) is 7.10. The Balaban J connectivity index is 3.41. The Morgan fingerprint density at radius 1 is 1.55 bits per heavy atom. The summed E-state index contributed by atoms with van der Waals surface area (Å²) in [6, 6.07) is 0. The maximum absolute atomic E-state index is 11.7. The molecule has 0 saturated heterocycles. The highest BCUT2D eigenvalue weighted by Gasteiger charge is 2.47. The lowest BCUT2D eigenvalue weighted by Crippen LogP contribution is -2.49. The summed E-state index contributed by atoms with van der Waals surface area (Å²) in [6.07, 6.45) is 4.35. The van der Waals surface area contributed by atoms with E-state index in [1.165, 1.54) is 19.1 Å². The van der Waals surface area contributed by atoms with Gasteiger partial charge in [-0.2, -0.15) is 0 Å². The van der Waals surface area contributed by atoms with Crippen molar-refractivity contribution in [1.82, 2.24) is 0 Å². The van der Waals surface area contributed by atoms with E-state index in [1.54, 1.807) is 13.8 Å². The van der Waals surface area contributed by atoms with Gasteiger partial charge in [0, 0.05) is 17.9 Å². The van der Waals surface area contributed by atoms with Gasteiger partial charge >= 0.3 is 5.97 Å². The van der Waals surface area contributed by atoms with Crippen LogP contribution in [0.3, 0.4) is 0 Å². The normalized spacial score (nSPS) is 28.9. The van der Waals surface area contributed by atoms with Crippen LogP contribution in [-0.4, -0.2) is 39.2 Å². The van der Waals surface area contributed by atoms with Gasteiger partial charge in [-0.05, 0) is 30.2 Å². The van der Waals surface area contributed by atoms with Crippen molar-refractivity contribution >= 4 is 11.8 Å². The molecule has 5 heteroatoms. The van der Waals surface area contributed by atoms with Crippen LogP contribution in [0.4, 0.5) is 0 Å². The molecule has 0 heterocycles. The first-order valence-corrected chi connectivity index (χ1v) is 6.10. The molecule has 0 fully saturated rings. The van der Waals surface area contributed by atoms with E-state index >= 15 is 0 Å². The van der Waals surface area contributed by atoms with Gasteiger partial charge in [0.2, 0.25) is 0 Å². The Hall–Kier alpha value is -1.72. The second-order valence-corrected chi connectivity index (χ2v) is 5.52. The minimum absolute atomic E-state index is 0.0326. The molecule has 0 saturated carbocycles. The molecule has 0 amide bonds. The molecule has 0 aromatic heterocycles. The quantitative estimate of drug-likeness (QED) is 0.532. The molecule has 0 spiro atoms. The number of aliphatic hydroxyl groups is 2. The number of carboxylic acid groups (broad SMARTS) is 1. The molecule has 1 atom stereocenters. The number of carbonyl (C=O) groups is 2. The average Bonchev–Trinajstić information content (AvgIpc) is 2.28. The molecule has 3 N–H and O–H groups in total. The standard InChI is InChI=1S/C15H20O5/c1-10(6-13(18)19)4-5-15(20)11(9-16)7-12(17)8-14(15,2)3/h4-7,16,20H,8-9H2,1-3H3,(H,18,19)/b5-4+,10-6-/t15-/m1/s1/i9D2. The van der Waals surface area contributed by atoms with Crippen molar-refractivity contribution in [1.29, 1.82) is 0 Å². The molecule has 1 rings (SSSR count). The molecule has 0 bridgehead atoms. The van der Waals surface area contributed by atoms with Crippen molar-refractivity contribution in [3.63, 3.8) is 0 Å². The highest BCUT2D eigenvalue weighted by molar-refractivity contribution is 5.93. The van der Waals surface area contributed by atoms with Gasteiger partial charge in [0.25, 0.3) is 0 Å². The smallest absolute Gasteiger partial charge is 0.328 e. The summed E-state index contributed by atoms with van der Waals surface area (Å²) < 4.78 is 14.9. The number of aliphatic carboxylic acids is 1. The van der Waals surface area contributed by atoms with Crippen molar-refractivity contribution in [2.24, 2.45) is 5.41 Å². The average molecular weight is 282 g/mol. The Morgan fingerprint density at radius 3 is 2.65 bits per heavy atom. The SMILES string of the molecule is [2H]C([2H])(O)C1=CC(=O)CC(C)(C)[C@@]1(O)/C=C/C(C)=C\C(=O)O. The molecular weight excluding hydrogens is 260 g/mol. The number of rotatable bonds is 4. The van der Waals surface area contributed by atoms with Crippen LogP contribution in [0.1, 0.15) is 29.9 Å². The number of carboxylic acids is 1. The molecule has 0 radical (unpaired) electrons. The van der Waals surface area contributed by atoms with E-state index in [1.807, 2.05) is 0 Å². The maximum Gasteiger partial charge on any atom is 0.328 e. The number of allylic oxidation sites excluding steroid dienone is 3. The van der Waals surface area contributed by atoms with Gasteiger partial charge in [-0.1, -0.05) is 19.9 Å². The Morgan fingerprint density at radius 2 is 2.15 bits per heavy atom. The first kappa shape index (κ1) is 13.3. The fourth-order valence-corrected chi connectivity index (χ4v) is 2.18. The Labute approximate surface area is 120 Å². The Kier molecular flexibility index (Phi) is 3.80. The van der Waals surface area contributed by atoms with Crippen molar-refractivity contribution < 1.29 is 27.7 Å². The van der Waals surface area contributed by atoms with Crippen molar-refractivity contribution in [3.05, 3.63) is 35.5 Å². The van der Waals surface area contributed by atoms with Crippen molar-refractivity contribution in [2.75, 3.05) is 6.56 Å². The number of hydrogen-bond donors (Lipinski definition) is 3. The first-order chi connectivity index (χ1) is 9.79. The molecule has 20 heavy (non-hydrogen) atoms. The largest absolute Gasteiger partial charge is 0.478 e. The lowest BCUT2D eigenvalue weighted by molar-refractivity contribution is -0.131. The fourth-order valence-electron chi connectivity index (χ4n) is 2.18. The molecule has 0 aliphatic heterocycles. The Bertz CT molecular complexity index is 581. The lowest BCUT2D eigenvalue weighted by atomic mass is 9.64. The van der Waals surface area contributed by atoms with E-state index in [4.69, 9.17) is 7.85 Å². The highest BCUT2D eigenvalue weighted by atomic mass is 16.4. The van der Waals surface area contributed by atoms with Crippen LogP contribution < -0.4 is 0 Å². The van der Waals surface area contributed by atoms with Crippen LogP contribution in [0.25, 0.3) is 0 Å². The molecule has 1 aliphatic carbocycles. The van der Waals surface area contributed by atoms with Crippen LogP contribution in [0.5, 0.6) is 0 Å². The van der Waals surface area contributed by atoms with Gasteiger partial charge in [0.15, 0.2) is 5.78 Å². The summed E-state index contributed by atoms with van der Waals surface area (Å²) >= 11 is 0. The molecule has 5 nitrogen and oxygen atoms in total. The third kappa shape index (κ3) is 3.23. The minimum Gasteiger partial charge on any atom is -0.478 e. The zero-order chi connectivity index (χ0) is 17.3. The summed E-state index contributed by atoms with van der Waals surface area (Å²) in [6.45, 7) is 1.78. The lowest BCUT2D eigenvalue weighted by Gasteiger charge is -2.44. The monoisotopic (exact) mass is 282 g/mol. The van der Waals surface area contributed by atoms with Crippen LogP contribution in [0.15, 0.2) is 35.5 Å². The summed E-state index contributed by atoms with van der Waals surface area (Å²) in [5, 5.41) is 29.2. The van der Waals surface area contributed by atoms with E-state index in [9.17, 15) is 19.8 Å². The topological polar surface area (TPSA) is 94.8 Å². The minimum atomic E-state index is -2.88. The summed E-state index contributed by atoms with van der Waals surface area (Å²) in [7, 11) is 0. The molecular formula is C15H20O5. The molecule has 0 unspecified atom stereocenters. The highest BCUT2D eigenvalue weighted by Crippen LogP contribution is 2.44. The van der Waals surface area contributed by atoms with Crippen LogP contribution in [0, 0.1) is 5.41 Å². The molecule has 1 aliphatic rings. The number of ketones is 1. The van der Waals surface area contributed by atoms with Gasteiger partial charge in [-0.3, -0.25) is 4.79 Å². The zero-order valence-electron chi connectivity index (χ0n) is 13.7. The predicted octanol–water partition coefficient (Wildman–Crippen LogP) is 1.22. The van der Waals surface area contributed by atoms with Crippen LogP contribution >= 0.6 is 0 Å². The van der Waals surface area contributed by atoms with Gasteiger partial charge in [0.1, 0.15) is 5.60 Å². The maximum atomic E-state index is 11.7. The van der Waals surface area contributed by atoms with E-state index in [0.29, 0.717) is 5.57 Å². The third-order valence-corrected chi connectivity index (χ3v) is 3.42.